The molecule has 0 aromatic rings. The average molecular weight is 194 g/mol. The summed E-state index contributed by atoms with van der Waals surface area (Å²) in [5.41, 5.74) is 9.55. The van der Waals surface area contributed by atoms with Crippen LogP contribution in [-0.4, -0.2) is 31.9 Å². The van der Waals surface area contributed by atoms with Crippen molar-refractivity contribution in [2.45, 2.75) is 0 Å². The quantitative estimate of drug-likeness (QED) is 0.347. The van der Waals surface area contributed by atoms with Gasteiger partial charge in [-0.1, -0.05) is 0 Å². The number of nitrogens with one attached hydrogen (secondary N) is 2. The van der Waals surface area contributed by atoms with Crippen molar-refractivity contribution in [2.75, 3.05) is 0 Å². The molecule has 6 N–H and O–H groups in total. The van der Waals surface area contributed by atoms with Gasteiger partial charge in [0.1, 0.15) is 10.5 Å². The van der Waals surface area contributed by atoms with Crippen molar-refractivity contribution in [3.63, 3.8) is 0 Å². The van der Waals surface area contributed by atoms with Crippen LogP contribution in [0.1, 0.15) is 0 Å². The Kier molecular flexibility index (Phi) is 4.25. The lowest BCUT2D eigenvalue weighted by molar-refractivity contribution is 0.250. The predicted molar refractivity (Wildman–Crippen MR) is 43.6 cm³/mol. The molecule has 0 saturated heterocycles. The third-order valence-electron chi connectivity index (χ3n) is 0.782. The number of amides is 4. The van der Waals surface area contributed by atoms with E-state index in [4.69, 9.17) is 15.6 Å². The third kappa shape index (κ3) is 5.38. The highest BCUT2D eigenvalue weighted by atomic mass is 28.3. The Morgan fingerprint density at radius 2 is 1.64 bits per heavy atom. The summed E-state index contributed by atoms with van der Waals surface area (Å²) in [6.07, 6.45) is 0. The Hall–Kier alpha value is -1.07. The maximum absolute atomic E-state index is 10.2. The standard InChI is InChI=1S/C2H10N4O3Si2/c3-1(7)5-11(9-10)6-2(4)8/h11H,10H3,(H3,3,5,7)(H3,4,6,8). The lowest BCUT2D eigenvalue weighted by Gasteiger charge is -2.12. The summed E-state index contributed by atoms with van der Waals surface area (Å²) >= 11 is 0. The first-order valence-electron chi connectivity index (χ1n) is 2.71. The molecule has 0 saturated carbocycles. The van der Waals surface area contributed by atoms with Crippen LogP contribution in [-0.2, 0) is 4.12 Å². The molecule has 9 heteroatoms. The Bertz CT molecular complexity index is 147. The average Bonchev–Trinajstić information content (AvgIpc) is 1.84. The molecule has 0 aliphatic rings. The molecule has 0 aliphatic heterocycles. The van der Waals surface area contributed by atoms with Crippen LogP contribution in [0.25, 0.3) is 0 Å². The summed E-state index contributed by atoms with van der Waals surface area (Å²) in [6.45, 7) is 0. The van der Waals surface area contributed by atoms with Crippen LogP contribution in [0.15, 0.2) is 0 Å². The van der Waals surface area contributed by atoms with Crippen molar-refractivity contribution in [1.29, 1.82) is 0 Å². The first kappa shape index (κ1) is 9.93. The fourth-order valence-electron chi connectivity index (χ4n) is 0.412. The largest absolute Gasteiger partial charge is 0.436 e. The van der Waals surface area contributed by atoms with E-state index in [1.54, 1.807) is 0 Å². The number of primary amides is 2. The first-order chi connectivity index (χ1) is 5.06. The fourth-order valence-corrected chi connectivity index (χ4v) is 1.94. The van der Waals surface area contributed by atoms with E-state index >= 15 is 0 Å². The Morgan fingerprint density at radius 3 is 1.82 bits per heavy atom. The summed E-state index contributed by atoms with van der Waals surface area (Å²) in [6, 6.07) is -1.46. The van der Waals surface area contributed by atoms with Crippen LogP contribution in [0, 0.1) is 0 Å². The van der Waals surface area contributed by atoms with Crippen LogP contribution in [0.2, 0.25) is 0 Å². The zero-order chi connectivity index (χ0) is 8.85. The van der Waals surface area contributed by atoms with E-state index in [1.807, 2.05) is 0 Å². The fraction of sp³-hybridized carbons (Fsp3) is 0. The number of rotatable bonds is 3. The Labute approximate surface area is 67.9 Å². The summed E-state index contributed by atoms with van der Waals surface area (Å²) in [7, 11) is -1.81. The second-order valence-corrected chi connectivity index (χ2v) is 4.86. The number of hydrogen-bond donors (Lipinski definition) is 4. The summed E-state index contributed by atoms with van der Waals surface area (Å²) in [5.74, 6) is 0. The molecule has 0 aromatic carbocycles. The van der Waals surface area contributed by atoms with Crippen LogP contribution in [0.3, 0.4) is 0 Å². The smallest absolute Gasteiger partial charge is 0.393 e. The Balaban J connectivity index is 3.76. The summed E-state index contributed by atoms with van der Waals surface area (Å²) < 4.78 is 4.83. The highest BCUT2D eigenvalue weighted by Crippen LogP contribution is 1.70. The number of hydrogen-bond acceptors (Lipinski definition) is 3. The van der Waals surface area contributed by atoms with Crippen molar-refractivity contribution >= 4 is 31.9 Å². The van der Waals surface area contributed by atoms with Gasteiger partial charge in [0.15, 0.2) is 0 Å². The van der Waals surface area contributed by atoms with Crippen LogP contribution < -0.4 is 21.4 Å². The molecule has 0 rings (SSSR count). The molecular weight excluding hydrogens is 184 g/mol. The molecule has 0 unspecified atom stereocenters. The van der Waals surface area contributed by atoms with Gasteiger partial charge in [-0.05, 0) is 0 Å². The summed E-state index contributed by atoms with van der Waals surface area (Å²) in [5, 5.41) is 0. The van der Waals surface area contributed by atoms with Gasteiger partial charge in [0.25, 0.3) is 0 Å². The van der Waals surface area contributed by atoms with Gasteiger partial charge >= 0.3 is 21.4 Å². The molecular formula is C2H10N4O3Si2. The molecule has 64 valence electrons. The molecule has 11 heavy (non-hydrogen) atoms. The third-order valence-corrected chi connectivity index (χ3v) is 3.76. The van der Waals surface area contributed by atoms with E-state index < -0.39 is 21.4 Å². The van der Waals surface area contributed by atoms with Gasteiger partial charge in [0.2, 0.25) is 0 Å². The first-order valence-corrected chi connectivity index (χ1v) is 5.15. The van der Waals surface area contributed by atoms with Crippen molar-refractivity contribution in [3.8, 4) is 0 Å². The van der Waals surface area contributed by atoms with Crippen molar-refractivity contribution in [3.05, 3.63) is 0 Å². The maximum Gasteiger partial charge on any atom is 0.393 e. The van der Waals surface area contributed by atoms with Gasteiger partial charge in [-0.3, -0.25) is 0 Å². The van der Waals surface area contributed by atoms with Crippen LogP contribution in [0.4, 0.5) is 9.59 Å². The number of urea groups is 2. The van der Waals surface area contributed by atoms with Gasteiger partial charge in [0, 0.05) is 0 Å². The van der Waals surface area contributed by atoms with Crippen LogP contribution >= 0.6 is 0 Å². The van der Waals surface area contributed by atoms with Crippen LogP contribution in [0.5, 0.6) is 0 Å². The van der Waals surface area contributed by atoms with Crippen molar-refractivity contribution in [2.24, 2.45) is 11.5 Å². The SMILES string of the molecule is NC(=O)N[SiH](NC(N)=O)O[SiH3]. The molecule has 0 bridgehead atoms. The molecule has 0 aromatic heterocycles. The highest BCUT2D eigenvalue weighted by Gasteiger charge is 2.13. The number of carbonyl (C=O) groups excluding carboxylic acids is 2. The molecule has 7 nitrogen and oxygen atoms in total. The molecule has 4 amide bonds. The lowest BCUT2D eigenvalue weighted by Crippen LogP contribution is -2.56. The van der Waals surface area contributed by atoms with Gasteiger partial charge in [-0.15, -0.1) is 0 Å². The van der Waals surface area contributed by atoms with Gasteiger partial charge in [-0.25, -0.2) is 9.59 Å². The van der Waals surface area contributed by atoms with Gasteiger partial charge < -0.3 is 25.5 Å². The highest BCUT2D eigenvalue weighted by molar-refractivity contribution is 6.55. The molecule has 0 heterocycles. The predicted octanol–water partition coefficient (Wildman–Crippen LogP) is -3.66. The minimum absolute atomic E-state index is 0.404. The second-order valence-electron chi connectivity index (χ2n) is 1.63. The minimum atomic E-state index is -2.22. The van der Waals surface area contributed by atoms with E-state index in [0.29, 0.717) is 10.5 Å². The van der Waals surface area contributed by atoms with Crippen molar-refractivity contribution in [1.82, 2.24) is 9.96 Å². The molecule has 0 fully saturated rings. The molecule has 0 spiro atoms. The molecule has 0 atom stereocenters. The van der Waals surface area contributed by atoms with E-state index in [2.05, 4.69) is 9.96 Å². The lowest BCUT2D eigenvalue weighted by atomic mass is 11.2. The molecule has 0 aliphatic carbocycles. The minimum Gasteiger partial charge on any atom is -0.436 e. The summed E-state index contributed by atoms with van der Waals surface area (Å²) in [4.78, 5) is 25.0. The number of nitrogens with two attached hydrogens (primary N) is 2. The zero-order valence-corrected chi connectivity index (χ0v) is 9.11. The second kappa shape index (κ2) is 4.70. The number of carbonyl (C=O) groups is 2. The Morgan fingerprint density at radius 1 is 1.27 bits per heavy atom. The maximum atomic E-state index is 10.2. The van der Waals surface area contributed by atoms with E-state index in [0.717, 1.165) is 0 Å². The van der Waals surface area contributed by atoms with Crippen molar-refractivity contribution < 1.29 is 13.7 Å². The zero-order valence-electron chi connectivity index (χ0n) is 5.96. The van der Waals surface area contributed by atoms with Gasteiger partial charge in [0.05, 0.1) is 0 Å². The van der Waals surface area contributed by atoms with Gasteiger partial charge in [-0.2, -0.15) is 0 Å². The monoisotopic (exact) mass is 194 g/mol. The normalized spacial score (nSPS) is 9.55. The van der Waals surface area contributed by atoms with E-state index in [9.17, 15) is 9.59 Å². The topological polar surface area (TPSA) is 119 Å². The molecule has 0 radical (unpaired) electrons. The van der Waals surface area contributed by atoms with E-state index in [1.165, 1.54) is 0 Å². The van der Waals surface area contributed by atoms with E-state index in [-0.39, 0.29) is 0 Å².